The number of methoxy groups -OCH3 is 1. The quantitative estimate of drug-likeness (QED) is 0.477. The van der Waals surface area contributed by atoms with Crippen LogP contribution in [0.2, 0.25) is 0 Å². The Balaban J connectivity index is 1.32. The number of thiophene rings is 1. The van der Waals surface area contributed by atoms with Crippen LogP contribution in [0.15, 0.2) is 52.6 Å². The second kappa shape index (κ2) is 8.96. The number of rotatable bonds is 6. The minimum atomic E-state index is 0.00655. The second-order valence-corrected chi connectivity index (χ2v) is 8.73. The number of amides is 1. The molecule has 1 fully saturated rings. The number of benzene rings is 1. The zero-order chi connectivity index (χ0) is 21.9. The van der Waals surface area contributed by atoms with Gasteiger partial charge in [-0.05, 0) is 48.6 Å². The van der Waals surface area contributed by atoms with Crippen LogP contribution in [-0.4, -0.2) is 41.2 Å². The third-order valence-electron chi connectivity index (χ3n) is 5.80. The van der Waals surface area contributed by atoms with Gasteiger partial charge in [-0.25, -0.2) is 4.98 Å². The van der Waals surface area contributed by atoms with E-state index in [1.807, 2.05) is 41.8 Å². The third-order valence-corrected chi connectivity index (χ3v) is 6.67. The zero-order valence-electron chi connectivity index (χ0n) is 17.7. The highest BCUT2D eigenvalue weighted by atomic mass is 32.1. The molecule has 1 saturated heterocycles. The van der Waals surface area contributed by atoms with Gasteiger partial charge in [0, 0.05) is 29.4 Å². The monoisotopic (exact) mass is 449 g/mol. The van der Waals surface area contributed by atoms with Crippen molar-refractivity contribution in [3.63, 3.8) is 0 Å². The summed E-state index contributed by atoms with van der Waals surface area (Å²) in [5, 5.41) is 10.1. The number of aromatic nitrogens is 3. The largest absolute Gasteiger partial charge is 0.497 e. The molecule has 0 unspecified atom stereocenters. The SMILES string of the molecule is COc1ccc(-c2noc3ncnc(N4CCC(C(=O)NCc5cccs5)CC4)c23)cc1. The lowest BCUT2D eigenvalue weighted by atomic mass is 9.95. The predicted octanol–water partition coefficient (Wildman–Crippen LogP) is 3.89. The van der Waals surface area contributed by atoms with Crippen LogP contribution in [0.1, 0.15) is 17.7 Å². The zero-order valence-corrected chi connectivity index (χ0v) is 18.5. The highest BCUT2D eigenvalue weighted by Gasteiger charge is 2.28. The summed E-state index contributed by atoms with van der Waals surface area (Å²) in [5.74, 6) is 1.69. The Morgan fingerprint density at radius 1 is 1.22 bits per heavy atom. The first-order valence-electron chi connectivity index (χ1n) is 10.5. The Morgan fingerprint density at radius 2 is 2.03 bits per heavy atom. The van der Waals surface area contributed by atoms with E-state index in [2.05, 4.69) is 25.3 Å². The lowest BCUT2D eigenvalue weighted by molar-refractivity contribution is -0.125. The maximum Gasteiger partial charge on any atom is 0.263 e. The molecular formula is C23H23N5O3S. The topological polar surface area (TPSA) is 93.4 Å². The molecular weight excluding hydrogens is 426 g/mol. The maximum absolute atomic E-state index is 12.6. The van der Waals surface area contributed by atoms with Crippen molar-refractivity contribution in [1.29, 1.82) is 0 Å². The van der Waals surface area contributed by atoms with E-state index < -0.39 is 0 Å². The Labute approximate surface area is 189 Å². The summed E-state index contributed by atoms with van der Waals surface area (Å²) < 4.78 is 10.7. The van der Waals surface area contributed by atoms with Crippen molar-refractivity contribution in [2.24, 2.45) is 5.92 Å². The predicted molar refractivity (Wildman–Crippen MR) is 123 cm³/mol. The molecule has 9 heteroatoms. The van der Waals surface area contributed by atoms with Crippen LogP contribution < -0.4 is 15.0 Å². The van der Waals surface area contributed by atoms with Gasteiger partial charge in [0.05, 0.1) is 13.7 Å². The maximum atomic E-state index is 12.6. The number of piperidine rings is 1. The molecule has 0 radical (unpaired) electrons. The van der Waals surface area contributed by atoms with E-state index in [1.54, 1.807) is 18.4 Å². The van der Waals surface area contributed by atoms with E-state index in [4.69, 9.17) is 9.26 Å². The molecule has 0 saturated carbocycles. The molecule has 3 aromatic heterocycles. The summed E-state index contributed by atoms with van der Waals surface area (Å²) >= 11 is 1.65. The van der Waals surface area contributed by atoms with Gasteiger partial charge >= 0.3 is 0 Å². The average molecular weight is 450 g/mol. The lowest BCUT2D eigenvalue weighted by Gasteiger charge is -2.32. The molecule has 164 valence electrons. The van der Waals surface area contributed by atoms with Crippen LogP contribution in [0, 0.1) is 5.92 Å². The molecule has 32 heavy (non-hydrogen) atoms. The van der Waals surface area contributed by atoms with Crippen LogP contribution in [0.4, 0.5) is 5.82 Å². The highest BCUT2D eigenvalue weighted by molar-refractivity contribution is 7.09. The molecule has 1 aliphatic heterocycles. The first-order valence-corrected chi connectivity index (χ1v) is 11.4. The molecule has 0 bridgehead atoms. The summed E-state index contributed by atoms with van der Waals surface area (Å²) in [6.45, 7) is 2.06. The molecule has 5 rings (SSSR count). The van der Waals surface area contributed by atoms with Crippen molar-refractivity contribution in [3.05, 3.63) is 53.0 Å². The number of nitrogens with zero attached hydrogens (tertiary/aromatic N) is 4. The minimum Gasteiger partial charge on any atom is -0.497 e. The summed E-state index contributed by atoms with van der Waals surface area (Å²) in [5.41, 5.74) is 2.06. The van der Waals surface area contributed by atoms with Gasteiger partial charge in [-0.3, -0.25) is 4.79 Å². The highest BCUT2D eigenvalue weighted by Crippen LogP contribution is 2.35. The van der Waals surface area contributed by atoms with E-state index in [9.17, 15) is 4.79 Å². The Hall–Kier alpha value is -3.46. The molecule has 1 aromatic carbocycles. The van der Waals surface area contributed by atoms with Crippen molar-refractivity contribution in [3.8, 4) is 17.0 Å². The first-order chi connectivity index (χ1) is 15.7. The number of carbonyl (C=O) groups excluding carboxylic acids is 1. The molecule has 8 nitrogen and oxygen atoms in total. The van der Waals surface area contributed by atoms with Crippen molar-refractivity contribution in [1.82, 2.24) is 20.4 Å². The van der Waals surface area contributed by atoms with Crippen LogP contribution in [0.25, 0.3) is 22.4 Å². The lowest BCUT2D eigenvalue weighted by Crippen LogP contribution is -2.40. The molecule has 0 atom stereocenters. The van der Waals surface area contributed by atoms with Gasteiger partial charge in [-0.15, -0.1) is 11.3 Å². The van der Waals surface area contributed by atoms with Gasteiger partial charge in [0.15, 0.2) is 0 Å². The van der Waals surface area contributed by atoms with Gasteiger partial charge < -0.3 is 19.5 Å². The fraction of sp³-hybridized carbons (Fsp3) is 0.304. The van der Waals surface area contributed by atoms with Crippen LogP contribution in [0.3, 0.4) is 0 Å². The fourth-order valence-electron chi connectivity index (χ4n) is 4.04. The summed E-state index contributed by atoms with van der Waals surface area (Å²) in [4.78, 5) is 24.8. The Morgan fingerprint density at radius 3 is 2.75 bits per heavy atom. The van der Waals surface area contributed by atoms with Crippen molar-refractivity contribution >= 4 is 34.2 Å². The van der Waals surface area contributed by atoms with Gasteiger partial charge in [-0.2, -0.15) is 4.98 Å². The number of anilines is 1. The van der Waals surface area contributed by atoms with Crippen molar-refractivity contribution < 1.29 is 14.1 Å². The molecule has 4 heterocycles. The summed E-state index contributed by atoms with van der Waals surface area (Å²) in [6.07, 6.45) is 3.04. The summed E-state index contributed by atoms with van der Waals surface area (Å²) in [6, 6.07) is 11.7. The second-order valence-electron chi connectivity index (χ2n) is 7.70. The van der Waals surface area contributed by atoms with E-state index >= 15 is 0 Å². The smallest absolute Gasteiger partial charge is 0.263 e. The molecule has 4 aromatic rings. The molecule has 1 aliphatic rings. The number of hydrogen-bond acceptors (Lipinski definition) is 8. The van der Waals surface area contributed by atoms with Crippen LogP contribution in [-0.2, 0) is 11.3 Å². The van der Waals surface area contributed by atoms with Gasteiger partial charge in [-0.1, -0.05) is 11.2 Å². The molecule has 1 N–H and O–H groups in total. The van der Waals surface area contributed by atoms with Gasteiger partial charge in [0.1, 0.15) is 29.0 Å². The van der Waals surface area contributed by atoms with E-state index in [-0.39, 0.29) is 11.8 Å². The summed E-state index contributed by atoms with van der Waals surface area (Å²) in [7, 11) is 1.64. The molecule has 0 aliphatic carbocycles. The molecule has 0 spiro atoms. The normalized spacial score (nSPS) is 14.6. The van der Waals surface area contributed by atoms with Crippen molar-refractivity contribution in [2.45, 2.75) is 19.4 Å². The number of carbonyl (C=O) groups is 1. The number of hydrogen-bond donors (Lipinski definition) is 1. The number of nitrogens with one attached hydrogen (secondary N) is 1. The van der Waals surface area contributed by atoms with Gasteiger partial charge in [0.25, 0.3) is 5.71 Å². The Bertz CT molecular complexity index is 1200. The fourth-order valence-corrected chi connectivity index (χ4v) is 4.69. The standard InChI is InChI=1S/C23H23N5O3S/c1-30-17-6-4-15(5-7-17)20-19-21(25-14-26-23(19)31-27-20)28-10-8-16(9-11-28)22(29)24-13-18-3-2-12-32-18/h2-7,12,14,16H,8-11,13H2,1H3,(H,24,29). The Kier molecular flexibility index (Phi) is 5.72. The third kappa shape index (κ3) is 4.03. The average Bonchev–Trinajstić information content (AvgIpc) is 3.53. The van der Waals surface area contributed by atoms with Crippen LogP contribution in [0.5, 0.6) is 5.75 Å². The number of fused-ring (bicyclic) bond motifs is 1. The van der Waals surface area contributed by atoms with Crippen molar-refractivity contribution in [2.75, 3.05) is 25.1 Å². The molecule has 1 amide bonds. The minimum absolute atomic E-state index is 0.00655. The van der Waals surface area contributed by atoms with E-state index in [1.165, 1.54) is 6.33 Å². The van der Waals surface area contributed by atoms with E-state index in [0.29, 0.717) is 18.0 Å². The van der Waals surface area contributed by atoms with E-state index in [0.717, 1.165) is 53.3 Å². The first kappa shape index (κ1) is 20.4. The van der Waals surface area contributed by atoms with Gasteiger partial charge in [0.2, 0.25) is 5.91 Å². The number of ether oxygens (including phenoxy) is 1. The van der Waals surface area contributed by atoms with Crippen LogP contribution >= 0.6 is 11.3 Å².